The molecule has 78 valence electrons. The minimum absolute atomic E-state index is 0.0284. The van der Waals surface area contributed by atoms with Crippen LogP contribution in [0.2, 0.25) is 0 Å². The molecular weight excluding hydrogens is 270 g/mol. The average Bonchev–Trinajstić information content (AvgIpc) is 2.58. The molecule has 1 atom stereocenters. The molecule has 1 unspecified atom stereocenters. The fourth-order valence-electron chi connectivity index (χ4n) is 1.53. The zero-order chi connectivity index (χ0) is 10.8. The number of thiophene rings is 1. The standard InChI is InChI=1S/C12H12BrNS/c1-8-7-10(13)12(15-8)11(14)9-5-3-2-4-6-9/h2-7,11H,14H2,1H3. The summed E-state index contributed by atoms with van der Waals surface area (Å²) < 4.78 is 1.11. The van der Waals surface area contributed by atoms with Crippen LogP contribution in [0.5, 0.6) is 0 Å². The van der Waals surface area contributed by atoms with Crippen LogP contribution in [0, 0.1) is 6.92 Å². The normalized spacial score (nSPS) is 12.7. The number of aryl methyl sites for hydroxylation is 1. The molecule has 0 bridgehead atoms. The van der Waals surface area contributed by atoms with Gasteiger partial charge in [-0.05, 0) is 34.5 Å². The average molecular weight is 282 g/mol. The summed E-state index contributed by atoms with van der Waals surface area (Å²) in [6, 6.07) is 12.2. The molecule has 2 N–H and O–H groups in total. The molecule has 2 rings (SSSR count). The number of rotatable bonds is 2. The number of hydrogen-bond donors (Lipinski definition) is 1. The zero-order valence-electron chi connectivity index (χ0n) is 8.41. The summed E-state index contributed by atoms with van der Waals surface area (Å²) in [5, 5.41) is 0. The minimum Gasteiger partial charge on any atom is -0.320 e. The Balaban J connectivity index is 2.36. The van der Waals surface area contributed by atoms with Gasteiger partial charge in [-0.25, -0.2) is 0 Å². The molecule has 15 heavy (non-hydrogen) atoms. The summed E-state index contributed by atoms with van der Waals surface area (Å²) in [4.78, 5) is 2.47. The van der Waals surface area contributed by atoms with Crippen molar-refractivity contribution in [1.82, 2.24) is 0 Å². The number of hydrogen-bond acceptors (Lipinski definition) is 2. The van der Waals surface area contributed by atoms with Gasteiger partial charge < -0.3 is 5.73 Å². The van der Waals surface area contributed by atoms with Crippen LogP contribution in [0.4, 0.5) is 0 Å². The minimum atomic E-state index is -0.0284. The first-order valence-electron chi connectivity index (χ1n) is 4.75. The van der Waals surface area contributed by atoms with E-state index in [1.54, 1.807) is 11.3 Å². The van der Waals surface area contributed by atoms with E-state index in [0.717, 1.165) is 10.0 Å². The molecule has 0 aliphatic rings. The van der Waals surface area contributed by atoms with E-state index >= 15 is 0 Å². The van der Waals surface area contributed by atoms with Crippen molar-refractivity contribution in [1.29, 1.82) is 0 Å². The molecule has 0 fully saturated rings. The van der Waals surface area contributed by atoms with Crippen molar-refractivity contribution in [3.8, 4) is 0 Å². The van der Waals surface area contributed by atoms with E-state index in [1.807, 2.05) is 18.2 Å². The number of halogens is 1. The molecular formula is C12H12BrNS. The molecule has 0 spiro atoms. The van der Waals surface area contributed by atoms with E-state index < -0.39 is 0 Å². The molecule has 0 aliphatic heterocycles. The van der Waals surface area contributed by atoms with Crippen molar-refractivity contribution in [3.05, 3.63) is 56.2 Å². The lowest BCUT2D eigenvalue weighted by atomic mass is 10.1. The Labute approximate surface area is 102 Å². The van der Waals surface area contributed by atoms with Crippen LogP contribution in [0.3, 0.4) is 0 Å². The van der Waals surface area contributed by atoms with Gasteiger partial charge in [0.2, 0.25) is 0 Å². The van der Waals surface area contributed by atoms with Crippen molar-refractivity contribution in [2.24, 2.45) is 5.73 Å². The molecule has 0 amide bonds. The monoisotopic (exact) mass is 281 g/mol. The van der Waals surface area contributed by atoms with E-state index in [1.165, 1.54) is 9.75 Å². The number of nitrogens with two attached hydrogens (primary N) is 1. The second kappa shape index (κ2) is 4.47. The van der Waals surface area contributed by atoms with Crippen LogP contribution >= 0.6 is 27.3 Å². The fraction of sp³-hybridized carbons (Fsp3) is 0.167. The maximum absolute atomic E-state index is 6.21. The predicted octanol–water partition coefficient (Wildman–Crippen LogP) is 3.87. The first-order chi connectivity index (χ1) is 7.18. The maximum Gasteiger partial charge on any atom is 0.0657 e. The van der Waals surface area contributed by atoms with Crippen molar-refractivity contribution < 1.29 is 0 Å². The first-order valence-corrected chi connectivity index (χ1v) is 6.36. The lowest BCUT2D eigenvalue weighted by Gasteiger charge is -2.10. The SMILES string of the molecule is Cc1cc(Br)c(C(N)c2ccccc2)s1. The van der Waals surface area contributed by atoms with E-state index in [9.17, 15) is 0 Å². The largest absolute Gasteiger partial charge is 0.320 e. The van der Waals surface area contributed by atoms with Crippen molar-refractivity contribution in [2.75, 3.05) is 0 Å². The van der Waals surface area contributed by atoms with E-state index in [-0.39, 0.29) is 6.04 Å². The highest BCUT2D eigenvalue weighted by Crippen LogP contribution is 2.33. The van der Waals surface area contributed by atoms with Gasteiger partial charge in [0.05, 0.1) is 6.04 Å². The Bertz CT molecular complexity index is 450. The Morgan fingerprint density at radius 2 is 1.93 bits per heavy atom. The Morgan fingerprint density at radius 3 is 2.47 bits per heavy atom. The summed E-state index contributed by atoms with van der Waals surface area (Å²) >= 11 is 5.29. The smallest absolute Gasteiger partial charge is 0.0657 e. The molecule has 2 aromatic rings. The molecule has 0 radical (unpaired) electrons. The van der Waals surface area contributed by atoms with Crippen molar-refractivity contribution >= 4 is 27.3 Å². The van der Waals surface area contributed by atoms with Crippen LogP contribution in [-0.2, 0) is 0 Å². The molecule has 1 heterocycles. The van der Waals surface area contributed by atoms with Gasteiger partial charge in [0.15, 0.2) is 0 Å². The predicted molar refractivity (Wildman–Crippen MR) is 69.2 cm³/mol. The Hall–Kier alpha value is -0.640. The lowest BCUT2D eigenvalue weighted by Crippen LogP contribution is -2.10. The van der Waals surface area contributed by atoms with Crippen molar-refractivity contribution in [3.63, 3.8) is 0 Å². The lowest BCUT2D eigenvalue weighted by molar-refractivity contribution is 0.889. The summed E-state index contributed by atoms with van der Waals surface area (Å²) in [7, 11) is 0. The van der Waals surface area contributed by atoms with Gasteiger partial charge in [0, 0.05) is 14.2 Å². The van der Waals surface area contributed by atoms with Crippen molar-refractivity contribution in [2.45, 2.75) is 13.0 Å². The topological polar surface area (TPSA) is 26.0 Å². The van der Waals surface area contributed by atoms with Crippen LogP contribution in [0.15, 0.2) is 40.9 Å². The summed E-state index contributed by atoms with van der Waals surface area (Å²) in [5.74, 6) is 0. The van der Waals surface area contributed by atoms with Gasteiger partial charge in [0.1, 0.15) is 0 Å². The summed E-state index contributed by atoms with van der Waals surface area (Å²) in [5.41, 5.74) is 7.36. The summed E-state index contributed by atoms with van der Waals surface area (Å²) in [6.45, 7) is 2.09. The van der Waals surface area contributed by atoms with Crippen LogP contribution in [0.1, 0.15) is 21.4 Å². The highest BCUT2D eigenvalue weighted by atomic mass is 79.9. The Kier molecular flexibility index (Phi) is 3.24. The molecule has 0 saturated heterocycles. The van der Waals surface area contributed by atoms with Crippen LogP contribution < -0.4 is 5.73 Å². The third-order valence-electron chi connectivity index (χ3n) is 2.28. The molecule has 0 aliphatic carbocycles. The van der Waals surface area contributed by atoms with Gasteiger partial charge in [-0.3, -0.25) is 0 Å². The van der Waals surface area contributed by atoms with Crippen LogP contribution in [-0.4, -0.2) is 0 Å². The number of benzene rings is 1. The molecule has 3 heteroatoms. The second-order valence-corrected chi connectivity index (χ2v) is 5.60. The van der Waals surface area contributed by atoms with E-state index in [2.05, 4.69) is 41.1 Å². The second-order valence-electron chi connectivity index (χ2n) is 3.46. The fourth-order valence-corrected chi connectivity index (χ4v) is 3.45. The maximum atomic E-state index is 6.21. The quantitative estimate of drug-likeness (QED) is 0.889. The summed E-state index contributed by atoms with van der Waals surface area (Å²) in [6.07, 6.45) is 0. The van der Waals surface area contributed by atoms with Gasteiger partial charge in [-0.1, -0.05) is 30.3 Å². The highest BCUT2D eigenvalue weighted by molar-refractivity contribution is 9.10. The van der Waals surface area contributed by atoms with E-state index in [0.29, 0.717) is 0 Å². The first kappa shape index (κ1) is 10.9. The zero-order valence-corrected chi connectivity index (χ0v) is 10.8. The third kappa shape index (κ3) is 2.30. The third-order valence-corrected chi connectivity index (χ3v) is 4.33. The molecule has 1 nitrogen and oxygen atoms in total. The van der Waals surface area contributed by atoms with E-state index in [4.69, 9.17) is 5.73 Å². The van der Waals surface area contributed by atoms with Crippen LogP contribution in [0.25, 0.3) is 0 Å². The highest BCUT2D eigenvalue weighted by Gasteiger charge is 2.14. The molecule has 0 saturated carbocycles. The Morgan fingerprint density at radius 1 is 1.27 bits per heavy atom. The van der Waals surface area contributed by atoms with Gasteiger partial charge in [0.25, 0.3) is 0 Å². The molecule has 1 aromatic carbocycles. The van der Waals surface area contributed by atoms with Gasteiger partial charge in [-0.15, -0.1) is 11.3 Å². The van der Waals surface area contributed by atoms with Gasteiger partial charge >= 0.3 is 0 Å². The van der Waals surface area contributed by atoms with Gasteiger partial charge in [-0.2, -0.15) is 0 Å². The molecule has 1 aromatic heterocycles.